The fraction of sp³-hybridized carbons (Fsp3) is 0.500. The van der Waals surface area contributed by atoms with Gasteiger partial charge in [-0.2, -0.15) is 4.31 Å². The van der Waals surface area contributed by atoms with Crippen LogP contribution in [0.25, 0.3) is 0 Å². The topological polar surface area (TPSA) is 104 Å². The zero-order valence-electron chi connectivity index (χ0n) is 10.6. The van der Waals surface area contributed by atoms with Crippen molar-refractivity contribution in [1.82, 2.24) is 4.31 Å². The van der Waals surface area contributed by atoms with Crippen molar-refractivity contribution in [3.63, 3.8) is 0 Å². The Labute approximate surface area is 112 Å². The fourth-order valence-corrected chi connectivity index (χ4v) is 3.57. The van der Waals surface area contributed by atoms with Crippen molar-refractivity contribution < 1.29 is 18.6 Å². The molecule has 1 aliphatic heterocycles. The van der Waals surface area contributed by atoms with E-state index in [1.54, 1.807) is 19.1 Å². The zero-order valence-corrected chi connectivity index (χ0v) is 11.4. The minimum absolute atomic E-state index is 0.0914. The largest absolute Gasteiger partial charge is 0.389 e. The molecule has 3 atom stereocenters. The van der Waals surface area contributed by atoms with Crippen LogP contribution < -0.4 is 5.73 Å². The molecule has 0 amide bonds. The summed E-state index contributed by atoms with van der Waals surface area (Å²) >= 11 is 0. The molecule has 3 unspecified atom stereocenters. The Kier molecular flexibility index (Phi) is 3.93. The molecule has 6 nitrogen and oxygen atoms in total. The third kappa shape index (κ3) is 2.80. The van der Waals surface area contributed by atoms with E-state index in [1.165, 1.54) is 12.1 Å². The number of benzene rings is 1. The van der Waals surface area contributed by atoms with Crippen LogP contribution in [-0.4, -0.2) is 48.2 Å². The Morgan fingerprint density at radius 2 is 1.89 bits per heavy atom. The van der Waals surface area contributed by atoms with Crippen LogP contribution in [-0.2, 0) is 10.0 Å². The standard InChI is InChI=1S/C12H18N2O4S/c1-8(13)9-3-2-4-10(5-9)19(17,18)14-6-11(15)12(16)7-14/h2-5,8,11-12,15-16H,6-7,13H2,1H3. The molecule has 1 aliphatic rings. The number of aliphatic hydroxyl groups is 2. The summed E-state index contributed by atoms with van der Waals surface area (Å²) in [5.41, 5.74) is 6.46. The summed E-state index contributed by atoms with van der Waals surface area (Å²) in [5, 5.41) is 18.9. The van der Waals surface area contributed by atoms with E-state index < -0.39 is 22.2 Å². The number of aliphatic hydroxyl groups excluding tert-OH is 2. The summed E-state index contributed by atoms with van der Waals surface area (Å²) < 4.78 is 25.8. The second kappa shape index (κ2) is 5.18. The molecule has 1 fully saturated rings. The van der Waals surface area contributed by atoms with Gasteiger partial charge >= 0.3 is 0 Å². The monoisotopic (exact) mass is 286 g/mol. The van der Waals surface area contributed by atoms with Crippen LogP contribution in [0.1, 0.15) is 18.5 Å². The van der Waals surface area contributed by atoms with Crippen molar-refractivity contribution in [1.29, 1.82) is 0 Å². The van der Waals surface area contributed by atoms with Crippen molar-refractivity contribution in [2.24, 2.45) is 5.73 Å². The van der Waals surface area contributed by atoms with E-state index in [2.05, 4.69) is 0 Å². The fourth-order valence-electron chi connectivity index (χ4n) is 2.04. The summed E-state index contributed by atoms with van der Waals surface area (Å²) in [4.78, 5) is 0.128. The van der Waals surface area contributed by atoms with E-state index in [1.807, 2.05) is 0 Å². The van der Waals surface area contributed by atoms with Gasteiger partial charge in [-0.25, -0.2) is 8.42 Å². The first kappa shape index (κ1) is 14.4. The minimum atomic E-state index is -3.70. The van der Waals surface area contributed by atoms with Gasteiger partial charge in [0.1, 0.15) is 0 Å². The van der Waals surface area contributed by atoms with Crippen LogP contribution in [0.3, 0.4) is 0 Å². The Balaban J connectivity index is 2.32. The van der Waals surface area contributed by atoms with Crippen LogP contribution in [0, 0.1) is 0 Å². The molecule has 106 valence electrons. The molecule has 0 spiro atoms. The number of nitrogens with zero attached hydrogens (tertiary/aromatic N) is 1. The quantitative estimate of drug-likeness (QED) is 0.690. The normalized spacial score (nSPS) is 26.5. The maximum absolute atomic E-state index is 12.4. The number of hydrogen-bond acceptors (Lipinski definition) is 5. The highest BCUT2D eigenvalue weighted by atomic mass is 32.2. The molecule has 1 saturated heterocycles. The summed E-state index contributed by atoms with van der Waals surface area (Å²) in [6, 6.07) is 6.14. The van der Waals surface area contributed by atoms with E-state index in [0.717, 1.165) is 9.87 Å². The number of rotatable bonds is 3. The van der Waals surface area contributed by atoms with Gasteiger partial charge in [-0.15, -0.1) is 0 Å². The molecule has 1 aromatic rings. The van der Waals surface area contributed by atoms with Crippen LogP contribution in [0.4, 0.5) is 0 Å². The molecular formula is C12H18N2O4S. The van der Waals surface area contributed by atoms with E-state index >= 15 is 0 Å². The SMILES string of the molecule is CC(N)c1cccc(S(=O)(=O)N2CC(O)C(O)C2)c1. The molecule has 1 heterocycles. The van der Waals surface area contributed by atoms with Gasteiger partial charge in [-0.05, 0) is 24.6 Å². The second-order valence-electron chi connectivity index (χ2n) is 4.82. The van der Waals surface area contributed by atoms with Gasteiger partial charge in [0.05, 0.1) is 17.1 Å². The van der Waals surface area contributed by atoms with E-state index in [-0.39, 0.29) is 24.0 Å². The van der Waals surface area contributed by atoms with E-state index in [4.69, 9.17) is 5.73 Å². The predicted molar refractivity (Wildman–Crippen MR) is 69.8 cm³/mol. The average molecular weight is 286 g/mol. The molecule has 0 radical (unpaired) electrons. The minimum Gasteiger partial charge on any atom is -0.389 e. The van der Waals surface area contributed by atoms with E-state index in [0.29, 0.717) is 0 Å². The first-order chi connectivity index (χ1) is 8.82. The van der Waals surface area contributed by atoms with Gasteiger partial charge in [0.2, 0.25) is 10.0 Å². The number of hydrogen-bond donors (Lipinski definition) is 3. The van der Waals surface area contributed by atoms with Crippen molar-refractivity contribution in [2.75, 3.05) is 13.1 Å². The van der Waals surface area contributed by atoms with Crippen molar-refractivity contribution >= 4 is 10.0 Å². The number of sulfonamides is 1. The smallest absolute Gasteiger partial charge is 0.243 e. The summed E-state index contributed by atoms with van der Waals surface area (Å²) in [6.45, 7) is 1.59. The van der Waals surface area contributed by atoms with Gasteiger partial charge in [-0.1, -0.05) is 12.1 Å². The molecule has 19 heavy (non-hydrogen) atoms. The Morgan fingerprint density at radius 1 is 1.32 bits per heavy atom. The third-order valence-corrected chi connectivity index (χ3v) is 5.07. The van der Waals surface area contributed by atoms with Crippen LogP contribution in [0.2, 0.25) is 0 Å². The zero-order chi connectivity index (χ0) is 14.2. The van der Waals surface area contributed by atoms with Gasteiger partial charge < -0.3 is 15.9 Å². The Bertz CT molecular complexity index is 549. The third-order valence-electron chi connectivity index (χ3n) is 3.25. The molecular weight excluding hydrogens is 268 g/mol. The second-order valence-corrected chi connectivity index (χ2v) is 6.76. The van der Waals surface area contributed by atoms with Crippen molar-refractivity contribution in [3.8, 4) is 0 Å². The molecule has 2 rings (SSSR count). The lowest BCUT2D eigenvalue weighted by molar-refractivity contribution is 0.0572. The number of β-amino-alcohol motifs (C(OH)–C–C–N with tert-alkyl or cyclic N) is 2. The Morgan fingerprint density at radius 3 is 2.42 bits per heavy atom. The Hall–Kier alpha value is -0.990. The molecule has 0 aliphatic carbocycles. The highest BCUT2D eigenvalue weighted by Gasteiger charge is 2.37. The lowest BCUT2D eigenvalue weighted by Gasteiger charge is -2.16. The summed E-state index contributed by atoms with van der Waals surface area (Å²) in [6.07, 6.45) is -2.07. The molecule has 0 saturated carbocycles. The van der Waals surface area contributed by atoms with Crippen molar-refractivity contribution in [3.05, 3.63) is 29.8 Å². The summed E-state index contributed by atoms with van der Waals surface area (Å²) in [5.74, 6) is 0. The highest BCUT2D eigenvalue weighted by Crippen LogP contribution is 2.23. The van der Waals surface area contributed by atoms with Gasteiger partial charge in [-0.3, -0.25) is 0 Å². The van der Waals surface area contributed by atoms with Gasteiger partial charge in [0.15, 0.2) is 0 Å². The lowest BCUT2D eigenvalue weighted by Crippen LogP contribution is -2.30. The van der Waals surface area contributed by atoms with E-state index in [9.17, 15) is 18.6 Å². The maximum atomic E-state index is 12.4. The highest BCUT2D eigenvalue weighted by molar-refractivity contribution is 7.89. The number of nitrogens with two attached hydrogens (primary N) is 1. The molecule has 4 N–H and O–H groups in total. The van der Waals surface area contributed by atoms with Gasteiger partial charge in [0.25, 0.3) is 0 Å². The average Bonchev–Trinajstić information content (AvgIpc) is 2.70. The van der Waals surface area contributed by atoms with Crippen molar-refractivity contribution in [2.45, 2.75) is 30.1 Å². The molecule has 1 aromatic carbocycles. The maximum Gasteiger partial charge on any atom is 0.243 e. The molecule has 7 heteroatoms. The lowest BCUT2D eigenvalue weighted by atomic mass is 10.1. The first-order valence-corrected chi connectivity index (χ1v) is 7.48. The summed E-state index contributed by atoms with van der Waals surface area (Å²) in [7, 11) is -3.70. The molecule has 0 aromatic heterocycles. The van der Waals surface area contributed by atoms with Crippen LogP contribution >= 0.6 is 0 Å². The predicted octanol–water partition coefficient (Wildman–Crippen LogP) is -0.568. The van der Waals surface area contributed by atoms with Crippen LogP contribution in [0.15, 0.2) is 29.2 Å². The molecule has 0 bridgehead atoms. The van der Waals surface area contributed by atoms with Crippen LogP contribution in [0.5, 0.6) is 0 Å². The first-order valence-electron chi connectivity index (χ1n) is 6.04. The van der Waals surface area contributed by atoms with Gasteiger partial charge in [0, 0.05) is 19.1 Å².